The first-order valence-corrected chi connectivity index (χ1v) is 43.1. The summed E-state index contributed by atoms with van der Waals surface area (Å²) in [6.07, 6.45) is 24.2. The van der Waals surface area contributed by atoms with Gasteiger partial charge < -0.3 is 34.9 Å². The van der Waals surface area contributed by atoms with Crippen molar-refractivity contribution < 1.29 is 60.8 Å². The number of pyridine rings is 3. The molecule has 8 saturated carbocycles. The van der Waals surface area contributed by atoms with Crippen LogP contribution in [0.3, 0.4) is 0 Å². The Hall–Kier alpha value is -8.33. The monoisotopic (exact) mass is 1610 g/mol. The topological polar surface area (TPSA) is 181 Å². The highest BCUT2D eigenvalue weighted by Crippen LogP contribution is 2.50. The van der Waals surface area contributed by atoms with E-state index in [1.807, 2.05) is 90.0 Å². The molecule has 14 nitrogen and oxygen atoms in total. The average molecular weight is 1620 g/mol. The Morgan fingerprint density at radius 2 is 0.726 bits per heavy atom. The van der Waals surface area contributed by atoms with E-state index < -0.39 is 29.4 Å². The molecule has 3 N–H and O–H groups in total. The van der Waals surface area contributed by atoms with Crippen molar-refractivity contribution in [1.82, 2.24) is 34.6 Å². The predicted molar refractivity (Wildman–Crippen MR) is 447 cm³/mol. The molecule has 4 amide bonds. The zero-order chi connectivity index (χ0) is 82.4. The van der Waals surface area contributed by atoms with Gasteiger partial charge in [-0.25, -0.2) is 0 Å². The van der Waals surface area contributed by atoms with Gasteiger partial charge in [0, 0.05) is 131 Å². The summed E-state index contributed by atoms with van der Waals surface area (Å²) in [5.41, 5.74) is 4.20. The summed E-state index contributed by atoms with van der Waals surface area (Å²) in [6, 6.07) is 47.6. The second-order valence-electron chi connectivity index (χ2n) is 35.4. The van der Waals surface area contributed by atoms with Gasteiger partial charge in [-0.05, 0) is 288 Å². The minimum atomic E-state index is -4.57. The predicted octanol–water partition coefficient (Wildman–Crippen LogP) is 21.0. The van der Waals surface area contributed by atoms with Crippen LogP contribution in [0.5, 0.6) is 0 Å². The number of halogens is 6. The molecule has 632 valence electrons. The normalized spacial score (nSPS) is 24.2. The van der Waals surface area contributed by atoms with E-state index in [1.165, 1.54) is 87.3 Å². The van der Waals surface area contributed by atoms with Crippen molar-refractivity contribution in [3.05, 3.63) is 232 Å². The van der Waals surface area contributed by atoms with Gasteiger partial charge in [-0.15, -0.1) is 0 Å². The number of rotatable bonds is 24. The van der Waals surface area contributed by atoms with E-state index in [4.69, 9.17) is 0 Å². The first kappa shape index (κ1) is 89.5. The molecule has 8 aliphatic carbocycles. The molecule has 1 unspecified atom stereocenters. The fourth-order valence-electron chi connectivity index (χ4n) is 19.3. The van der Waals surface area contributed by atoms with Crippen molar-refractivity contribution in [2.24, 2.45) is 5.92 Å². The molecule has 7 aromatic rings. The fourth-order valence-corrected chi connectivity index (χ4v) is 19.3. The van der Waals surface area contributed by atoms with Crippen LogP contribution in [0.4, 0.5) is 26.3 Å². The SMILES string of the molecule is C.CC(C)(C)c1ccc(C(=O)N(C2CC2)C2CCC(CCO)(c3ccccn3)CC2)cc1.CCCC1CCC(N(C(=O)C(C)c2ccccc2)C2CC2)CC1.O=C(c1ccc(C(F)(F)F)cc1)N(C1CC1)C1CCC(CCO)(c2ccccn2)CC1.O=C(c1ccccc1C(F)(F)F)N(C1CC1)C1CCC(CCO)(c2ccccn2)CC1. The lowest BCUT2D eigenvalue weighted by Gasteiger charge is -2.43. The summed E-state index contributed by atoms with van der Waals surface area (Å²) in [5, 5.41) is 29.1. The lowest BCUT2D eigenvalue weighted by atomic mass is 9.68. The van der Waals surface area contributed by atoms with Gasteiger partial charge in [0.2, 0.25) is 5.91 Å². The van der Waals surface area contributed by atoms with Crippen molar-refractivity contribution in [2.45, 2.75) is 317 Å². The molecule has 15 rings (SSSR count). The number of benzene rings is 4. The number of aromatic nitrogens is 3. The molecule has 0 bridgehead atoms. The maximum Gasteiger partial charge on any atom is 0.417 e. The Morgan fingerprint density at radius 1 is 0.402 bits per heavy atom. The third-order valence-electron chi connectivity index (χ3n) is 26.5. The van der Waals surface area contributed by atoms with Gasteiger partial charge in [0.25, 0.3) is 17.7 Å². The molecular weight excluding hydrogens is 1490 g/mol. The van der Waals surface area contributed by atoms with Crippen LogP contribution in [-0.2, 0) is 38.8 Å². The maximum atomic E-state index is 13.5. The van der Waals surface area contributed by atoms with Crippen molar-refractivity contribution in [3.8, 4) is 0 Å². The molecule has 3 aromatic heterocycles. The summed E-state index contributed by atoms with van der Waals surface area (Å²) >= 11 is 0. The van der Waals surface area contributed by atoms with E-state index in [0.29, 0.717) is 55.3 Å². The number of aliphatic hydroxyl groups is 3. The van der Waals surface area contributed by atoms with Crippen LogP contribution >= 0.6 is 0 Å². The summed E-state index contributed by atoms with van der Waals surface area (Å²) in [5.74, 6) is 0.726. The van der Waals surface area contributed by atoms with Crippen molar-refractivity contribution in [1.29, 1.82) is 0 Å². The van der Waals surface area contributed by atoms with Crippen LogP contribution in [0.15, 0.2) is 176 Å². The van der Waals surface area contributed by atoms with Crippen LogP contribution in [0, 0.1) is 5.92 Å². The van der Waals surface area contributed by atoms with Crippen LogP contribution in [0.2, 0.25) is 0 Å². The van der Waals surface area contributed by atoms with Gasteiger partial charge in [-0.1, -0.05) is 121 Å². The fraction of sp³-hybridized carbons (Fsp3) is 0.557. The van der Waals surface area contributed by atoms with Crippen LogP contribution in [-0.4, -0.2) is 142 Å². The van der Waals surface area contributed by atoms with Gasteiger partial charge in [-0.3, -0.25) is 34.1 Å². The molecule has 1 atom stereocenters. The lowest BCUT2D eigenvalue weighted by molar-refractivity contribution is -0.138. The molecular formula is C97H125F6N7O7. The number of amides is 4. The summed E-state index contributed by atoms with van der Waals surface area (Å²) in [4.78, 5) is 75.0. The number of hydrogen-bond acceptors (Lipinski definition) is 10. The lowest BCUT2D eigenvalue weighted by Crippen LogP contribution is -2.47. The highest BCUT2D eigenvalue weighted by Gasteiger charge is 2.49. The number of alkyl halides is 6. The van der Waals surface area contributed by atoms with Gasteiger partial charge in [0.1, 0.15) is 0 Å². The van der Waals surface area contributed by atoms with Crippen molar-refractivity contribution >= 4 is 23.6 Å². The zero-order valence-corrected chi connectivity index (χ0v) is 68.5. The molecule has 0 aliphatic heterocycles. The van der Waals surface area contributed by atoms with E-state index in [2.05, 4.69) is 89.7 Å². The average Bonchev–Trinajstić information content (AvgIpc) is 1.64. The third kappa shape index (κ3) is 22.4. The van der Waals surface area contributed by atoms with E-state index in [-0.39, 0.29) is 102 Å². The zero-order valence-electron chi connectivity index (χ0n) is 68.5. The van der Waals surface area contributed by atoms with Crippen LogP contribution in [0.1, 0.15) is 305 Å². The standard InChI is InChI=1S/C27H36N2O2.2C24H27F3N2O2.C21H31NO.CH4/c1-26(2,3)21-9-7-20(8-10-21)25(31)29(22-11-12-22)23-13-15-27(16-14-23,17-19-30)24-6-4-5-18-28-24;25-24(26,27)20-6-2-1-5-19(20)22(31)29(17-8-9-17)18-10-12-23(13-11-18,14-16-30)21-7-3-4-15-28-21;25-24(26,27)18-6-4-17(5-7-18)22(31)29(19-8-9-19)20-10-12-23(13-11-20,14-16-30)21-3-1-2-15-28-21;1-3-7-17-10-12-19(13-11-17)22(20-14-15-20)21(23)16(2)18-8-5-4-6-9-18;/h4-10,18,22-23,30H,11-17,19H2,1-3H3;1-7,15,17-18,30H,8-14,16H2;1-7,15,19-20,30H,8-14,16H2;4-6,8-9,16-17,19-20H,3,7,10-15H2,1-2H3;1H4. The Morgan fingerprint density at radius 3 is 1.05 bits per heavy atom. The number of carbonyl (C=O) groups excluding carboxylic acids is 4. The minimum Gasteiger partial charge on any atom is -0.396 e. The quantitative estimate of drug-likeness (QED) is 0.0493. The second-order valence-corrected chi connectivity index (χ2v) is 35.4. The third-order valence-corrected chi connectivity index (χ3v) is 26.5. The maximum absolute atomic E-state index is 13.5. The number of aliphatic hydroxyl groups excluding tert-OH is 3. The van der Waals surface area contributed by atoms with Gasteiger partial charge in [-0.2, -0.15) is 26.3 Å². The Labute approximate surface area is 690 Å². The smallest absolute Gasteiger partial charge is 0.396 e. The first-order chi connectivity index (χ1) is 55.7. The van der Waals surface area contributed by atoms with Crippen LogP contribution < -0.4 is 0 Å². The molecule has 0 saturated heterocycles. The van der Waals surface area contributed by atoms with Gasteiger partial charge in [0.05, 0.1) is 22.6 Å². The van der Waals surface area contributed by atoms with Gasteiger partial charge >= 0.3 is 12.4 Å². The Balaban J connectivity index is 0.000000154. The summed E-state index contributed by atoms with van der Waals surface area (Å²) < 4.78 is 79.1. The molecule has 3 heterocycles. The van der Waals surface area contributed by atoms with Gasteiger partial charge in [0.15, 0.2) is 0 Å². The highest BCUT2D eigenvalue weighted by molar-refractivity contribution is 5.97. The number of carbonyl (C=O) groups is 4. The molecule has 4 aromatic carbocycles. The summed E-state index contributed by atoms with van der Waals surface area (Å²) in [6.45, 7) is 11.3. The van der Waals surface area contributed by atoms with E-state index >= 15 is 0 Å². The van der Waals surface area contributed by atoms with Crippen LogP contribution in [0.25, 0.3) is 0 Å². The molecule has 0 radical (unpaired) electrons. The summed E-state index contributed by atoms with van der Waals surface area (Å²) in [7, 11) is 0. The van der Waals surface area contributed by atoms with E-state index in [0.717, 1.165) is 161 Å². The second kappa shape index (κ2) is 39.7. The molecule has 8 fully saturated rings. The highest BCUT2D eigenvalue weighted by atomic mass is 19.4. The van der Waals surface area contributed by atoms with E-state index in [9.17, 15) is 60.8 Å². The number of nitrogens with zero attached hydrogens (tertiary/aromatic N) is 7. The van der Waals surface area contributed by atoms with Crippen molar-refractivity contribution in [3.63, 3.8) is 0 Å². The number of hydrogen-bond donors (Lipinski definition) is 3. The minimum absolute atomic E-state index is 0. The molecule has 117 heavy (non-hydrogen) atoms. The molecule has 8 aliphatic rings. The largest absolute Gasteiger partial charge is 0.417 e. The first-order valence-electron chi connectivity index (χ1n) is 43.1. The molecule has 20 heteroatoms. The molecule has 0 spiro atoms. The Kier molecular flexibility index (Phi) is 30.4. The van der Waals surface area contributed by atoms with Crippen molar-refractivity contribution in [2.75, 3.05) is 19.8 Å². The van der Waals surface area contributed by atoms with E-state index in [1.54, 1.807) is 17.3 Å². The Bertz CT molecular complexity index is 4100.